The Kier molecular flexibility index (Phi) is 5.94. The van der Waals surface area contributed by atoms with Crippen LogP contribution < -0.4 is 4.74 Å². The van der Waals surface area contributed by atoms with Crippen LogP contribution in [0.3, 0.4) is 0 Å². The van der Waals surface area contributed by atoms with Crippen LogP contribution in [0, 0.1) is 11.6 Å². The number of nitrogens with zero attached hydrogens (tertiary/aromatic N) is 1. The monoisotopic (exact) mass is 299 g/mol. The van der Waals surface area contributed by atoms with Gasteiger partial charge in [0.25, 0.3) is 0 Å². The molecule has 3 nitrogen and oxygen atoms in total. The van der Waals surface area contributed by atoms with E-state index in [-0.39, 0.29) is 11.7 Å². The van der Waals surface area contributed by atoms with Gasteiger partial charge in [-0.1, -0.05) is 6.92 Å². The zero-order chi connectivity index (χ0) is 15.2. The number of rotatable bonds is 6. The molecule has 2 rings (SSSR count). The fourth-order valence-corrected chi connectivity index (χ4v) is 2.71. The average Bonchev–Trinajstić information content (AvgIpc) is 2.50. The smallest absolute Gasteiger partial charge is 0.167 e. The van der Waals surface area contributed by atoms with Crippen LogP contribution in [0.25, 0.3) is 0 Å². The van der Waals surface area contributed by atoms with Gasteiger partial charge in [0.15, 0.2) is 11.6 Å². The Morgan fingerprint density at radius 2 is 2.14 bits per heavy atom. The lowest BCUT2D eigenvalue weighted by Crippen LogP contribution is -2.39. The van der Waals surface area contributed by atoms with Crippen molar-refractivity contribution < 1.29 is 18.3 Å². The van der Waals surface area contributed by atoms with E-state index in [2.05, 4.69) is 11.8 Å². The van der Waals surface area contributed by atoms with Crippen LogP contribution in [-0.2, 0) is 11.3 Å². The molecule has 0 amide bonds. The number of hydrogen-bond donors (Lipinski definition) is 0. The minimum atomic E-state index is -0.832. The highest BCUT2D eigenvalue weighted by molar-refractivity contribution is 5.35. The second-order valence-electron chi connectivity index (χ2n) is 5.41. The second kappa shape index (κ2) is 7.71. The average molecular weight is 299 g/mol. The van der Waals surface area contributed by atoms with Gasteiger partial charge in [0, 0.05) is 25.3 Å². The normalized spacial score (nSPS) is 19.7. The van der Waals surface area contributed by atoms with Crippen molar-refractivity contribution in [2.45, 2.75) is 38.8 Å². The third-order valence-corrected chi connectivity index (χ3v) is 3.77. The fraction of sp³-hybridized carbons (Fsp3) is 0.625. The molecule has 1 fully saturated rings. The fourth-order valence-electron chi connectivity index (χ4n) is 2.71. The van der Waals surface area contributed by atoms with Crippen molar-refractivity contribution in [1.82, 2.24) is 4.90 Å². The molecule has 21 heavy (non-hydrogen) atoms. The molecule has 1 aliphatic rings. The maximum absolute atomic E-state index is 14.0. The summed E-state index contributed by atoms with van der Waals surface area (Å²) in [6, 6.07) is 2.57. The van der Waals surface area contributed by atoms with Gasteiger partial charge >= 0.3 is 0 Å². The van der Waals surface area contributed by atoms with Gasteiger partial charge in [0.2, 0.25) is 0 Å². The lowest BCUT2D eigenvalue weighted by atomic mass is 10.1. The first kappa shape index (κ1) is 16.2. The van der Waals surface area contributed by atoms with E-state index in [1.54, 1.807) is 0 Å². The molecule has 1 aromatic carbocycles. The van der Waals surface area contributed by atoms with Crippen LogP contribution in [0.4, 0.5) is 8.78 Å². The van der Waals surface area contributed by atoms with Crippen LogP contribution in [0.5, 0.6) is 5.75 Å². The predicted octanol–water partition coefficient (Wildman–Crippen LogP) is 3.36. The molecule has 0 N–H and O–H groups in total. The van der Waals surface area contributed by atoms with Crippen LogP contribution in [0.15, 0.2) is 12.1 Å². The third-order valence-electron chi connectivity index (χ3n) is 3.77. The van der Waals surface area contributed by atoms with Crippen LogP contribution >= 0.6 is 0 Å². The lowest BCUT2D eigenvalue weighted by Gasteiger charge is -2.33. The quantitative estimate of drug-likeness (QED) is 0.804. The highest BCUT2D eigenvalue weighted by Gasteiger charge is 2.23. The Labute approximate surface area is 124 Å². The van der Waals surface area contributed by atoms with Crippen molar-refractivity contribution in [3.05, 3.63) is 29.3 Å². The molecular formula is C16H23F2NO2. The Hall–Kier alpha value is -1.20. The van der Waals surface area contributed by atoms with E-state index < -0.39 is 11.6 Å². The summed E-state index contributed by atoms with van der Waals surface area (Å²) in [6.07, 6.45) is 3.21. The Bertz CT molecular complexity index is 468. The molecule has 0 saturated carbocycles. The number of benzene rings is 1. The zero-order valence-corrected chi connectivity index (χ0v) is 12.7. The summed E-state index contributed by atoms with van der Waals surface area (Å²) in [5.74, 6) is -1.25. The molecule has 0 aliphatic carbocycles. The van der Waals surface area contributed by atoms with Crippen molar-refractivity contribution in [3.63, 3.8) is 0 Å². The van der Waals surface area contributed by atoms with Gasteiger partial charge in [0.1, 0.15) is 5.75 Å². The van der Waals surface area contributed by atoms with E-state index in [0.717, 1.165) is 45.0 Å². The molecule has 0 radical (unpaired) electrons. The van der Waals surface area contributed by atoms with E-state index in [1.165, 1.54) is 13.2 Å². The van der Waals surface area contributed by atoms with Gasteiger partial charge in [-0.15, -0.1) is 0 Å². The summed E-state index contributed by atoms with van der Waals surface area (Å²) in [7, 11) is 1.47. The first-order valence-electron chi connectivity index (χ1n) is 7.50. The topological polar surface area (TPSA) is 21.7 Å². The number of ether oxygens (including phenoxy) is 2. The van der Waals surface area contributed by atoms with Gasteiger partial charge in [-0.3, -0.25) is 4.90 Å². The maximum Gasteiger partial charge on any atom is 0.167 e. The Balaban J connectivity index is 2.05. The summed E-state index contributed by atoms with van der Waals surface area (Å²) < 4.78 is 38.3. The van der Waals surface area contributed by atoms with Crippen LogP contribution in [0.2, 0.25) is 0 Å². The molecule has 0 unspecified atom stereocenters. The summed E-state index contributed by atoms with van der Waals surface area (Å²) >= 11 is 0. The predicted molar refractivity (Wildman–Crippen MR) is 77.5 cm³/mol. The summed E-state index contributed by atoms with van der Waals surface area (Å²) in [6.45, 7) is 4.78. The van der Waals surface area contributed by atoms with E-state index in [9.17, 15) is 8.78 Å². The Morgan fingerprint density at radius 1 is 1.33 bits per heavy atom. The molecule has 5 heteroatoms. The molecule has 0 bridgehead atoms. The first-order valence-corrected chi connectivity index (χ1v) is 7.50. The maximum atomic E-state index is 14.0. The second-order valence-corrected chi connectivity index (χ2v) is 5.41. The number of likely N-dealkylation sites (tertiary alicyclic amines) is 1. The molecule has 0 spiro atoms. The van der Waals surface area contributed by atoms with Gasteiger partial charge in [-0.25, -0.2) is 8.78 Å². The molecule has 1 aliphatic heterocycles. The number of methoxy groups -OCH3 is 1. The zero-order valence-electron chi connectivity index (χ0n) is 12.7. The Morgan fingerprint density at radius 3 is 2.86 bits per heavy atom. The van der Waals surface area contributed by atoms with Gasteiger partial charge in [-0.05, 0) is 37.9 Å². The summed E-state index contributed by atoms with van der Waals surface area (Å²) in [4.78, 5) is 2.10. The number of hydrogen-bond acceptors (Lipinski definition) is 3. The van der Waals surface area contributed by atoms with Crippen molar-refractivity contribution in [1.29, 1.82) is 0 Å². The lowest BCUT2D eigenvalue weighted by molar-refractivity contribution is -0.00268. The van der Waals surface area contributed by atoms with Crippen LogP contribution in [-0.4, -0.2) is 37.8 Å². The third kappa shape index (κ3) is 4.14. The van der Waals surface area contributed by atoms with Gasteiger partial charge in [0.05, 0.1) is 13.2 Å². The van der Waals surface area contributed by atoms with Crippen molar-refractivity contribution >= 4 is 0 Å². The number of piperidine rings is 1. The summed E-state index contributed by atoms with van der Waals surface area (Å²) in [5.41, 5.74) is 0.286. The largest absolute Gasteiger partial charge is 0.496 e. The molecule has 1 aromatic rings. The van der Waals surface area contributed by atoms with Crippen molar-refractivity contribution in [3.8, 4) is 5.75 Å². The SMILES string of the molecule is CCCO[C@H]1CCCN(Cc2c(OC)ccc(F)c2F)C1. The molecule has 1 heterocycles. The van der Waals surface area contributed by atoms with Crippen molar-refractivity contribution in [2.24, 2.45) is 0 Å². The van der Waals surface area contributed by atoms with E-state index >= 15 is 0 Å². The molecule has 1 atom stereocenters. The number of halogens is 2. The van der Waals surface area contributed by atoms with E-state index in [1.807, 2.05) is 0 Å². The van der Waals surface area contributed by atoms with Gasteiger partial charge < -0.3 is 9.47 Å². The van der Waals surface area contributed by atoms with E-state index in [0.29, 0.717) is 12.3 Å². The molecule has 118 valence electrons. The highest BCUT2D eigenvalue weighted by atomic mass is 19.2. The van der Waals surface area contributed by atoms with Crippen molar-refractivity contribution in [2.75, 3.05) is 26.8 Å². The van der Waals surface area contributed by atoms with Crippen LogP contribution in [0.1, 0.15) is 31.7 Å². The standard InChI is InChI=1S/C16H23F2NO2/c1-3-9-21-12-5-4-8-19(10-12)11-13-15(20-2)7-6-14(17)16(13)18/h6-7,12H,3-5,8-11H2,1-2H3/t12-/m0/s1. The minimum absolute atomic E-state index is 0.182. The molecule has 0 aromatic heterocycles. The first-order chi connectivity index (χ1) is 10.2. The summed E-state index contributed by atoms with van der Waals surface area (Å²) in [5, 5.41) is 0. The minimum Gasteiger partial charge on any atom is -0.496 e. The van der Waals surface area contributed by atoms with E-state index in [4.69, 9.17) is 9.47 Å². The van der Waals surface area contributed by atoms with Gasteiger partial charge in [-0.2, -0.15) is 0 Å². The highest BCUT2D eigenvalue weighted by Crippen LogP contribution is 2.26. The molecule has 1 saturated heterocycles. The molecular weight excluding hydrogens is 276 g/mol.